The molecule has 0 spiro atoms. The Kier molecular flexibility index (Phi) is 4.02. The number of benzene rings is 1. The van der Waals surface area contributed by atoms with Gasteiger partial charge < -0.3 is 5.73 Å². The van der Waals surface area contributed by atoms with E-state index in [1.165, 1.54) is 0 Å². The fourth-order valence-corrected chi connectivity index (χ4v) is 2.27. The first kappa shape index (κ1) is 14.2. The molecule has 0 aromatic heterocycles. The van der Waals surface area contributed by atoms with Gasteiger partial charge in [-0.05, 0) is 17.5 Å². The van der Waals surface area contributed by atoms with Crippen molar-refractivity contribution in [3.05, 3.63) is 58.5 Å². The van der Waals surface area contributed by atoms with Crippen LogP contribution in [0.1, 0.15) is 17.5 Å². The van der Waals surface area contributed by atoms with Gasteiger partial charge >= 0.3 is 6.18 Å². The van der Waals surface area contributed by atoms with Crippen molar-refractivity contribution in [3.8, 4) is 0 Å². The molecule has 1 aliphatic rings. The molecule has 0 saturated heterocycles. The molecule has 5 heteroatoms. The van der Waals surface area contributed by atoms with Crippen molar-refractivity contribution in [3.63, 3.8) is 0 Å². The van der Waals surface area contributed by atoms with Gasteiger partial charge in [0.25, 0.3) is 0 Å². The van der Waals surface area contributed by atoms with Gasteiger partial charge in [0.1, 0.15) is 0 Å². The summed E-state index contributed by atoms with van der Waals surface area (Å²) in [6.45, 7) is 0.348. The molecule has 2 N–H and O–H groups in total. The van der Waals surface area contributed by atoms with E-state index in [9.17, 15) is 13.2 Å². The summed E-state index contributed by atoms with van der Waals surface area (Å²) in [5.41, 5.74) is 6.12. The minimum absolute atomic E-state index is 0.0315. The van der Waals surface area contributed by atoms with Crippen molar-refractivity contribution < 1.29 is 13.2 Å². The molecule has 1 aliphatic carbocycles. The van der Waals surface area contributed by atoms with Crippen LogP contribution >= 0.6 is 11.6 Å². The van der Waals surface area contributed by atoms with E-state index >= 15 is 0 Å². The molecule has 0 heterocycles. The minimum Gasteiger partial charge on any atom is -0.326 e. The highest BCUT2D eigenvalue weighted by molar-refractivity contribution is 6.37. The van der Waals surface area contributed by atoms with E-state index in [1.54, 1.807) is 30.3 Å². The number of halogens is 4. The average molecular weight is 287 g/mol. The predicted molar refractivity (Wildman–Crippen MR) is 70.2 cm³/mol. The van der Waals surface area contributed by atoms with Crippen LogP contribution in [0.2, 0.25) is 0 Å². The van der Waals surface area contributed by atoms with Crippen molar-refractivity contribution >= 4 is 17.2 Å². The molecule has 1 aromatic carbocycles. The number of rotatable bonds is 2. The van der Waals surface area contributed by atoms with Crippen molar-refractivity contribution in [2.45, 2.75) is 19.1 Å². The van der Waals surface area contributed by atoms with Crippen LogP contribution in [0.4, 0.5) is 13.2 Å². The molecule has 0 bridgehead atoms. The molecular formula is C14H12ClF3N. The van der Waals surface area contributed by atoms with Gasteiger partial charge in [-0.3, -0.25) is 0 Å². The molecular weight excluding hydrogens is 275 g/mol. The first-order valence-electron chi connectivity index (χ1n) is 5.73. The zero-order chi connectivity index (χ0) is 14.0. The van der Waals surface area contributed by atoms with Crippen LogP contribution < -0.4 is 5.73 Å². The number of nitrogens with two attached hydrogens (primary N) is 1. The van der Waals surface area contributed by atoms with Crippen LogP contribution in [-0.4, -0.2) is 6.18 Å². The van der Waals surface area contributed by atoms with Crippen LogP contribution in [0.15, 0.2) is 40.9 Å². The molecule has 1 radical (unpaired) electrons. The molecule has 2 rings (SSSR count). The summed E-state index contributed by atoms with van der Waals surface area (Å²) in [6.07, 6.45) is -1.49. The Morgan fingerprint density at radius 2 is 1.79 bits per heavy atom. The van der Waals surface area contributed by atoms with Gasteiger partial charge in [0, 0.05) is 29.1 Å². The summed E-state index contributed by atoms with van der Waals surface area (Å²) < 4.78 is 39.0. The fraction of sp³-hybridized carbons (Fsp3) is 0.214. The second-order valence-corrected chi connectivity index (χ2v) is 4.59. The van der Waals surface area contributed by atoms with E-state index in [1.807, 2.05) is 0 Å². The maximum absolute atomic E-state index is 13.0. The lowest BCUT2D eigenvalue weighted by molar-refractivity contribution is -0.0894. The van der Waals surface area contributed by atoms with Gasteiger partial charge in [0.2, 0.25) is 0 Å². The maximum Gasteiger partial charge on any atom is 0.413 e. The lowest BCUT2D eigenvalue weighted by Gasteiger charge is -2.21. The molecule has 0 amide bonds. The van der Waals surface area contributed by atoms with E-state index < -0.39 is 11.7 Å². The third-order valence-corrected chi connectivity index (χ3v) is 3.25. The molecule has 0 saturated carbocycles. The second-order valence-electron chi connectivity index (χ2n) is 4.18. The van der Waals surface area contributed by atoms with Gasteiger partial charge in [-0.25, -0.2) is 0 Å². The largest absolute Gasteiger partial charge is 0.413 e. The number of alkyl halides is 3. The summed E-state index contributed by atoms with van der Waals surface area (Å²) >= 11 is 5.95. The third-order valence-electron chi connectivity index (χ3n) is 2.91. The first-order valence-corrected chi connectivity index (χ1v) is 6.11. The Balaban J connectivity index is 2.53. The quantitative estimate of drug-likeness (QED) is 0.867. The zero-order valence-electron chi connectivity index (χ0n) is 9.97. The van der Waals surface area contributed by atoms with Crippen molar-refractivity contribution in [1.82, 2.24) is 0 Å². The molecule has 0 aliphatic heterocycles. The van der Waals surface area contributed by atoms with E-state index in [0.29, 0.717) is 12.1 Å². The predicted octanol–water partition coefficient (Wildman–Crippen LogP) is 4.19. The first-order chi connectivity index (χ1) is 8.93. The van der Waals surface area contributed by atoms with Crippen LogP contribution in [0.25, 0.3) is 5.57 Å². The van der Waals surface area contributed by atoms with E-state index in [0.717, 1.165) is 12.0 Å². The van der Waals surface area contributed by atoms with Crippen molar-refractivity contribution in [2.75, 3.05) is 0 Å². The maximum atomic E-state index is 13.0. The molecule has 1 aromatic rings. The van der Waals surface area contributed by atoms with Gasteiger partial charge in [-0.1, -0.05) is 41.9 Å². The Bertz CT molecular complexity index is 527. The summed E-state index contributed by atoms with van der Waals surface area (Å²) in [5.74, 6) is 0. The van der Waals surface area contributed by atoms with Crippen LogP contribution in [-0.2, 0) is 6.54 Å². The Hall–Kier alpha value is -1.26. The summed E-state index contributed by atoms with van der Waals surface area (Å²) in [4.78, 5) is 0. The van der Waals surface area contributed by atoms with Crippen molar-refractivity contribution in [1.29, 1.82) is 0 Å². The van der Waals surface area contributed by atoms with Gasteiger partial charge in [-0.2, -0.15) is 13.2 Å². The van der Waals surface area contributed by atoms with E-state index in [4.69, 9.17) is 17.3 Å². The summed E-state index contributed by atoms with van der Waals surface area (Å²) in [7, 11) is 0. The Labute approximate surface area is 114 Å². The molecule has 0 fully saturated rings. The average Bonchev–Trinajstić information content (AvgIpc) is 2.37. The number of allylic oxidation sites excluding steroid dienone is 4. The standard InChI is InChI=1S/C14H12ClF3N/c15-12-3-1-2-11(14(16,17)18)13(12)10-6-4-9(8-19)5-7-10/h2-7H,1,8,19H2. The lowest BCUT2D eigenvalue weighted by atomic mass is 9.91. The third kappa shape index (κ3) is 3.01. The SMILES string of the molecule is NCc1ccc(C2=C(C(F)(F)F)[CH]CC=C2Cl)cc1. The monoisotopic (exact) mass is 286 g/mol. The Morgan fingerprint density at radius 1 is 1.16 bits per heavy atom. The fourth-order valence-electron chi connectivity index (χ4n) is 1.97. The topological polar surface area (TPSA) is 26.0 Å². The van der Waals surface area contributed by atoms with Gasteiger partial charge in [0.05, 0.1) is 0 Å². The highest BCUT2D eigenvalue weighted by Crippen LogP contribution is 2.42. The normalized spacial score (nSPS) is 16.6. The molecule has 19 heavy (non-hydrogen) atoms. The number of hydrogen-bond acceptors (Lipinski definition) is 1. The van der Waals surface area contributed by atoms with E-state index in [-0.39, 0.29) is 17.0 Å². The highest BCUT2D eigenvalue weighted by Gasteiger charge is 2.38. The van der Waals surface area contributed by atoms with Crippen LogP contribution in [0.5, 0.6) is 0 Å². The molecule has 1 nitrogen and oxygen atoms in total. The molecule has 0 unspecified atom stereocenters. The van der Waals surface area contributed by atoms with Crippen LogP contribution in [0, 0.1) is 6.42 Å². The summed E-state index contributed by atoms with van der Waals surface area (Å²) in [6, 6.07) is 6.63. The van der Waals surface area contributed by atoms with E-state index in [2.05, 4.69) is 0 Å². The Morgan fingerprint density at radius 3 is 2.32 bits per heavy atom. The highest BCUT2D eigenvalue weighted by atomic mass is 35.5. The van der Waals surface area contributed by atoms with Crippen molar-refractivity contribution in [2.24, 2.45) is 5.73 Å². The van der Waals surface area contributed by atoms with Gasteiger partial charge in [0.15, 0.2) is 0 Å². The molecule has 0 atom stereocenters. The zero-order valence-corrected chi connectivity index (χ0v) is 10.7. The summed E-state index contributed by atoms with van der Waals surface area (Å²) in [5, 5.41) is 0.135. The lowest BCUT2D eigenvalue weighted by Crippen LogP contribution is -2.16. The molecule has 101 valence electrons. The minimum atomic E-state index is -4.41. The van der Waals surface area contributed by atoms with Gasteiger partial charge in [-0.15, -0.1) is 0 Å². The van der Waals surface area contributed by atoms with Crippen LogP contribution in [0.3, 0.4) is 0 Å². The smallest absolute Gasteiger partial charge is 0.326 e. The number of hydrogen-bond donors (Lipinski definition) is 1. The second kappa shape index (κ2) is 5.39.